The number of anilines is 1. The van der Waals surface area contributed by atoms with Gasteiger partial charge in [-0.2, -0.15) is 8.78 Å². The first kappa shape index (κ1) is 21.3. The second kappa shape index (κ2) is 8.77. The summed E-state index contributed by atoms with van der Waals surface area (Å²) in [6.45, 7) is -3.28. The quantitative estimate of drug-likeness (QED) is 0.512. The van der Waals surface area contributed by atoms with Crippen molar-refractivity contribution >= 4 is 23.0 Å². The van der Waals surface area contributed by atoms with Crippen LogP contribution in [0.25, 0.3) is 0 Å². The van der Waals surface area contributed by atoms with E-state index in [1.165, 1.54) is 13.2 Å². The third kappa shape index (κ3) is 4.82. The molecule has 13 heteroatoms. The maximum absolute atomic E-state index is 12.6. The fraction of sp³-hybridized carbons (Fsp3) is 0.188. The summed E-state index contributed by atoms with van der Waals surface area (Å²) in [5.41, 5.74) is -1.90. The summed E-state index contributed by atoms with van der Waals surface area (Å²) in [5.74, 6) is -2.00. The second-order valence-electron chi connectivity index (χ2n) is 5.25. The number of methoxy groups -OCH3 is 2. The lowest BCUT2D eigenvalue weighted by atomic mass is 10.1. The third-order valence-corrected chi connectivity index (χ3v) is 3.58. The van der Waals surface area contributed by atoms with E-state index >= 15 is 0 Å². The van der Waals surface area contributed by atoms with Crippen LogP contribution in [0.5, 0.6) is 17.2 Å². The zero-order valence-electron chi connectivity index (χ0n) is 14.9. The lowest BCUT2D eigenvalue weighted by Crippen LogP contribution is -2.15. The van der Waals surface area contributed by atoms with E-state index in [2.05, 4.69) is 10.1 Å². The number of halogens is 2. The van der Waals surface area contributed by atoms with Crippen LogP contribution in [-0.2, 0) is 0 Å². The van der Waals surface area contributed by atoms with Crippen LogP contribution in [0.4, 0.5) is 25.8 Å². The Bertz CT molecular complexity index is 967. The molecule has 0 aliphatic heterocycles. The lowest BCUT2D eigenvalue weighted by Gasteiger charge is -2.13. The number of alkyl halides is 2. The van der Waals surface area contributed by atoms with Crippen molar-refractivity contribution in [3.05, 3.63) is 56.1 Å². The molecule has 0 saturated carbocycles. The summed E-state index contributed by atoms with van der Waals surface area (Å²) >= 11 is 0. The van der Waals surface area contributed by atoms with E-state index in [0.717, 1.165) is 25.3 Å². The molecule has 0 aliphatic rings. The predicted octanol–water partition coefficient (Wildman–Crippen LogP) is 3.37. The number of ether oxygens (including phenoxy) is 3. The molecule has 154 valence electrons. The van der Waals surface area contributed by atoms with Gasteiger partial charge in [0.2, 0.25) is 0 Å². The molecule has 2 aromatic rings. The van der Waals surface area contributed by atoms with Crippen molar-refractivity contribution < 1.29 is 37.6 Å². The molecule has 2 rings (SSSR count). The number of amides is 1. The molecule has 2 aromatic carbocycles. The molecular weight excluding hydrogens is 400 g/mol. The fourth-order valence-electron chi connectivity index (χ4n) is 2.33. The van der Waals surface area contributed by atoms with E-state index in [0.29, 0.717) is 6.07 Å². The van der Waals surface area contributed by atoms with Gasteiger partial charge in [-0.15, -0.1) is 0 Å². The summed E-state index contributed by atoms with van der Waals surface area (Å²) in [4.78, 5) is 33.2. The van der Waals surface area contributed by atoms with Crippen LogP contribution in [0.1, 0.15) is 10.4 Å². The molecule has 29 heavy (non-hydrogen) atoms. The molecule has 0 bridgehead atoms. The summed E-state index contributed by atoms with van der Waals surface area (Å²) in [6.07, 6.45) is 0. The van der Waals surface area contributed by atoms with Gasteiger partial charge in [-0.25, -0.2) is 0 Å². The Morgan fingerprint density at radius 3 is 2.17 bits per heavy atom. The second-order valence-corrected chi connectivity index (χ2v) is 5.25. The summed E-state index contributed by atoms with van der Waals surface area (Å²) in [5, 5.41) is 24.5. The van der Waals surface area contributed by atoms with Gasteiger partial charge < -0.3 is 19.5 Å². The van der Waals surface area contributed by atoms with Gasteiger partial charge in [0.15, 0.2) is 11.5 Å². The van der Waals surface area contributed by atoms with Crippen LogP contribution in [0.15, 0.2) is 30.3 Å². The van der Waals surface area contributed by atoms with E-state index in [1.54, 1.807) is 0 Å². The lowest BCUT2D eigenvalue weighted by molar-refractivity contribution is -0.385. The van der Waals surface area contributed by atoms with Crippen molar-refractivity contribution in [3.63, 3.8) is 0 Å². The molecule has 0 heterocycles. The van der Waals surface area contributed by atoms with Crippen LogP contribution < -0.4 is 19.5 Å². The highest BCUT2D eigenvalue weighted by Gasteiger charge is 2.27. The van der Waals surface area contributed by atoms with Gasteiger partial charge >= 0.3 is 6.61 Å². The van der Waals surface area contributed by atoms with E-state index in [1.807, 2.05) is 0 Å². The number of carbonyl (C=O) groups excluding carboxylic acids is 1. The van der Waals surface area contributed by atoms with E-state index in [-0.39, 0.29) is 22.9 Å². The number of nitro groups is 2. The van der Waals surface area contributed by atoms with Crippen LogP contribution in [0.2, 0.25) is 0 Å². The Balaban J connectivity index is 2.51. The minimum Gasteiger partial charge on any atom is -0.495 e. The molecule has 0 fully saturated rings. The van der Waals surface area contributed by atoms with Crippen molar-refractivity contribution in [3.8, 4) is 17.2 Å². The number of nitrogens with zero attached hydrogens (tertiary/aromatic N) is 2. The SMILES string of the molecule is COc1ccc([N+](=O)[O-])cc1NC(=O)c1cc(OC)c(OC(F)F)cc1[N+](=O)[O-]. The Morgan fingerprint density at radius 2 is 1.66 bits per heavy atom. The van der Waals surface area contributed by atoms with E-state index < -0.39 is 39.4 Å². The third-order valence-electron chi connectivity index (χ3n) is 3.58. The van der Waals surface area contributed by atoms with Gasteiger partial charge in [0.1, 0.15) is 11.3 Å². The smallest absolute Gasteiger partial charge is 0.387 e. The van der Waals surface area contributed by atoms with Crippen molar-refractivity contribution in [1.82, 2.24) is 0 Å². The zero-order chi connectivity index (χ0) is 21.7. The molecule has 0 aliphatic carbocycles. The highest BCUT2D eigenvalue weighted by Crippen LogP contribution is 2.37. The number of non-ortho nitro benzene ring substituents is 1. The van der Waals surface area contributed by atoms with Crippen molar-refractivity contribution in [2.45, 2.75) is 6.61 Å². The van der Waals surface area contributed by atoms with Gasteiger partial charge in [-0.1, -0.05) is 0 Å². The van der Waals surface area contributed by atoms with Crippen LogP contribution >= 0.6 is 0 Å². The topological polar surface area (TPSA) is 143 Å². The highest BCUT2D eigenvalue weighted by molar-refractivity contribution is 6.08. The highest BCUT2D eigenvalue weighted by atomic mass is 19.3. The van der Waals surface area contributed by atoms with Crippen LogP contribution in [0.3, 0.4) is 0 Å². The fourth-order valence-corrected chi connectivity index (χ4v) is 2.33. The standard InChI is InChI=1S/C16H13F2N3O8/c1-27-12-4-3-8(20(23)24)5-10(12)19-15(22)9-6-13(28-2)14(29-16(17)18)7-11(9)21(25)26/h3-7,16H,1-2H3,(H,19,22). The van der Waals surface area contributed by atoms with Gasteiger partial charge in [-0.3, -0.25) is 25.0 Å². The van der Waals surface area contributed by atoms with Crippen molar-refractivity contribution in [2.75, 3.05) is 19.5 Å². The molecule has 0 unspecified atom stereocenters. The maximum atomic E-state index is 12.6. The number of hydrogen-bond acceptors (Lipinski definition) is 8. The monoisotopic (exact) mass is 413 g/mol. The first-order chi connectivity index (χ1) is 13.7. The normalized spacial score (nSPS) is 10.4. The molecule has 0 atom stereocenters. The average Bonchev–Trinajstić information content (AvgIpc) is 2.66. The number of hydrogen-bond donors (Lipinski definition) is 1. The van der Waals surface area contributed by atoms with Crippen LogP contribution in [-0.4, -0.2) is 36.6 Å². The molecule has 0 saturated heterocycles. The Morgan fingerprint density at radius 1 is 1.00 bits per heavy atom. The minimum absolute atomic E-state index is 0.0521. The molecular formula is C16H13F2N3O8. The predicted molar refractivity (Wildman–Crippen MR) is 93.9 cm³/mol. The molecule has 0 radical (unpaired) electrons. The largest absolute Gasteiger partial charge is 0.495 e. The number of carbonyl (C=O) groups is 1. The number of nitrogens with one attached hydrogen (secondary N) is 1. The Hall–Kier alpha value is -4.03. The van der Waals surface area contributed by atoms with Crippen molar-refractivity contribution in [1.29, 1.82) is 0 Å². The molecule has 0 spiro atoms. The molecule has 1 N–H and O–H groups in total. The van der Waals surface area contributed by atoms with Gasteiger partial charge in [-0.05, 0) is 6.07 Å². The van der Waals surface area contributed by atoms with Gasteiger partial charge in [0.05, 0.1) is 35.8 Å². The Kier molecular flexibility index (Phi) is 6.43. The first-order valence-corrected chi connectivity index (χ1v) is 7.63. The molecule has 0 aromatic heterocycles. The number of rotatable bonds is 8. The van der Waals surface area contributed by atoms with E-state index in [4.69, 9.17) is 9.47 Å². The molecule has 1 amide bonds. The number of nitro benzene ring substituents is 2. The zero-order valence-corrected chi connectivity index (χ0v) is 14.9. The van der Waals surface area contributed by atoms with Gasteiger partial charge in [0, 0.05) is 18.2 Å². The molecule has 11 nitrogen and oxygen atoms in total. The first-order valence-electron chi connectivity index (χ1n) is 7.63. The summed E-state index contributed by atoms with van der Waals surface area (Å²) in [6, 6.07) is 4.81. The van der Waals surface area contributed by atoms with Crippen LogP contribution in [0, 0.1) is 20.2 Å². The summed E-state index contributed by atoms with van der Waals surface area (Å²) < 4.78 is 39.0. The van der Waals surface area contributed by atoms with Gasteiger partial charge in [0.25, 0.3) is 17.3 Å². The van der Waals surface area contributed by atoms with E-state index in [9.17, 15) is 33.8 Å². The summed E-state index contributed by atoms with van der Waals surface area (Å²) in [7, 11) is 2.34. The average molecular weight is 413 g/mol. The minimum atomic E-state index is -3.28. The Labute approximate surface area is 161 Å². The number of benzene rings is 2. The van der Waals surface area contributed by atoms with Crippen molar-refractivity contribution in [2.24, 2.45) is 0 Å². The maximum Gasteiger partial charge on any atom is 0.387 e.